The van der Waals surface area contributed by atoms with Gasteiger partial charge in [-0.15, -0.1) is 0 Å². The number of rotatable bonds is 6. The Kier molecular flexibility index (Phi) is 6.23. The van der Waals surface area contributed by atoms with Gasteiger partial charge in [-0.1, -0.05) is 12.1 Å². The van der Waals surface area contributed by atoms with E-state index in [2.05, 4.69) is 5.32 Å². The molecule has 1 N–H and O–H groups in total. The maximum Gasteiger partial charge on any atom is 0.410 e. The summed E-state index contributed by atoms with van der Waals surface area (Å²) < 4.78 is 10.9. The Hall–Kier alpha value is -2.57. The fourth-order valence-corrected chi connectivity index (χ4v) is 2.51. The molecule has 1 fully saturated rings. The first-order valence-corrected chi connectivity index (χ1v) is 8.63. The summed E-state index contributed by atoms with van der Waals surface area (Å²) in [5.74, 6) is -0.0374. The number of carbonyl (C=O) groups is 3. The third-order valence-corrected chi connectivity index (χ3v) is 3.87. The van der Waals surface area contributed by atoms with Crippen LogP contribution in [0.5, 0.6) is 5.75 Å². The Morgan fingerprint density at radius 1 is 1.23 bits per heavy atom. The number of likely N-dealkylation sites (N-methyl/N-ethyl adjacent to an activating group) is 1. The quantitative estimate of drug-likeness (QED) is 0.784. The second-order valence-electron chi connectivity index (χ2n) is 7.41. The third kappa shape index (κ3) is 6.06. The first kappa shape index (κ1) is 19.8. The highest BCUT2D eigenvalue weighted by molar-refractivity contribution is 6.03. The standard InChI is InChI=1S/C19H26N2O5/c1-19(2,3)26-18(24)21(4)9-10-25-15-7-5-13(6-8-15)11-14-12-16(22)20-17(14)23/h5-8,14H,9-12H2,1-4H3,(H,20,22,23). The van der Waals surface area contributed by atoms with Gasteiger partial charge in [0.05, 0.1) is 12.5 Å². The number of amides is 3. The van der Waals surface area contributed by atoms with Crippen LogP contribution in [0.4, 0.5) is 4.79 Å². The van der Waals surface area contributed by atoms with Gasteiger partial charge in [-0.05, 0) is 44.9 Å². The lowest BCUT2D eigenvalue weighted by Gasteiger charge is -2.24. The second kappa shape index (κ2) is 8.21. The smallest absolute Gasteiger partial charge is 0.410 e. The number of ether oxygens (including phenoxy) is 2. The van der Waals surface area contributed by atoms with Crippen LogP contribution < -0.4 is 10.1 Å². The molecule has 7 nitrogen and oxygen atoms in total. The van der Waals surface area contributed by atoms with Crippen LogP contribution in [-0.2, 0) is 20.7 Å². The lowest BCUT2D eigenvalue weighted by atomic mass is 9.98. The van der Waals surface area contributed by atoms with Crippen molar-refractivity contribution >= 4 is 17.9 Å². The van der Waals surface area contributed by atoms with Crippen molar-refractivity contribution in [1.82, 2.24) is 10.2 Å². The van der Waals surface area contributed by atoms with Gasteiger partial charge in [0.1, 0.15) is 18.0 Å². The van der Waals surface area contributed by atoms with E-state index in [1.165, 1.54) is 4.90 Å². The Balaban J connectivity index is 1.76. The van der Waals surface area contributed by atoms with Gasteiger partial charge in [0, 0.05) is 13.5 Å². The Labute approximate surface area is 153 Å². The summed E-state index contributed by atoms with van der Waals surface area (Å²) >= 11 is 0. The first-order valence-electron chi connectivity index (χ1n) is 8.63. The molecule has 142 valence electrons. The molecule has 7 heteroatoms. The van der Waals surface area contributed by atoms with Gasteiger partial charge in [0.15, 0.2) is 0 Å². The number of nitrogens with zero attached hydrogens (tertiary/aromatic N) is 1. The molecule has 2 rings (SSSR count). The van der Waals surface area contributed by atoms with E-state index in [1.54, 1.807) is 7.05 Å². The van der Waals surface area contributed by atoms with Gasteiger partial charge in [-0.2, -0.15) is 0 Å². The minimum atomic E-state index is -0.525. The molecule has 0 aromatic heterocycles. The van der Waals surface area contributed by atoms with Crippen LogP contribution in [0.1, 0.15) is 32.8 Å². The van der Waals surface area contributed by atoms with Gasteiger partial charge in [0.25, 0.3) is 0 Å². The van der Waals surface area contributed by atoms with Crippen LogP contribution in [0.25, 0.3) is 0 Å². The molecule has 26 heavy (non-hydrogen) atoms. The molecule has 1 heterocycles. The predicted molar refractivity (Wildman–Crippen MR) is 95.8 cm³/mol. The maximum absolute atomic E-state index is 11.9. The van der Waals surface area contributed by atoms with Crippen molar-refractivity contribution in [3.05, 3.63) is 29.8 Å². The average Bonchev–Trinajstić information content (AvgIpc) is 2.84. The molecular weight excluding hydrogens is 336 g/mol. The molecular formula is C19H26N2O5. The number of hydrogen-bond acceptors (Lipinski definition) is 5. The van der Waals surface area contributed by atoms with Crippen molar-refractivity contribution in [2.45, 2.75) is 39.2 Å². The number of nitrogens with one attached hydrogen (secondary N) is 1. The van der Waals surface area contributed by atoms with Crippen molar-refractivity contribution in [1.29, 1.82) is 0 Å². The van der Waals surface area contributed by atoms with E-state index in [0.29, 0.717) is 25.3 Å². The lowest BCUT2D eigenvalue weighted by molar-refractivity contribution is -0.125. The van der Waals surface area contributed by atoms with E-state index in [0.717, 1.165) is 5.56 Å². The highest BCUT2D eigenvalue weighted by Gasteiger charge is 2.30. The maximum atomic E-state index is 11.9. The monoisotopic (exact) mass is 362 g/mol. The molecule has 0 spiro atoms. The summed E-state index contributed by atoms with van der Waals surface area (Å²) in [7, 11) is 1.66. The number of carbonyl (C=O) groups excluding carboxylic acids is 3. The third-order valence-electron chi connectivity index (χ3n) is 3.87. The summed E-state index contributed by atoms with van der Waals surface area (Å²) in [5, 5.41) is 2.32. The van der Waals surface area contributed by atoms with E-state index in [4.69, 9.17) is 9.47 Å². The van der Waals surface area contributed by atoms with Crippen molar-refractivity contribution in [2.24, 2.45) is 5.92 Å². The summed E-state index contributed by atoms with van der Waals surface area (Å²) in [6, 6.07) is 7.39. The Morgan fingerprint density at radius 3 is 2.42 bits per heavy atom. The molecule has 1 aliphatic rings. The summed E-state index contributed by atoms with van der Waals surface area (Å²) in [4.78, 5) is 36.1. The lowest BCUT2D eigenvalue weighted by Crippen LogP contribution is -2.36. The molecule has 0 aliphatic carbocycles. The number of imide groups is 1. The molecule has 1 aromatic carbocycles. The number of benzene rings is 1. The fourth-order valence-electron chi connectivity index (χ4n) is 2.51. The molecule has 1 atom stereocenters. The molecule has 1 aliphatic heterocycles. The van der Waals surface area contributed by atoms with E-state index < -0.39 is 5.60 Å². The van der Waals surface area contributed by atoms with Crippen LogP contribution in [0.2, 0.25) is 0 Å². The normalized spacial score (nSPS) is 17.0. The summed E-state index contributed by atoms with van der Waals surface area (Å²) in [5.41, 5.74) is 0.446. The SMILES string of the molecule is CN(CCOc1ccc(CC2CC(=O)NC2=O)cc1)C(=O)OC(C)(C)C. The van der Waals surface area contributed by atoms with Crippen LogP contribution in [0, 0.1) is 5.92 Å². The van der Waals surface area contributed by atoms with Gasteiger partial charge < -0.3 is 14.4 Å². The van der Waals surface area contributed by atoms with Gasteiger partial charge >= 0.3 is 6.09 Å². The van der Waals surface area contributed by atoms with Crippen molar-refractivity contribution < 1.29 is 23.9 Å². The number of hydrogen-bond donors (Lipinski definition) is 1. The molecule has 0 radical (unpaired) electrons. The molecule has 1 aromatic rings. The molecule has 1 unspecified atom stereocenters. The van der Waals surface area contributed by atoms with Crippen LogP contribution in [0.3, 0.4) is 0 Å². The van der Waals surface area contributed by atoms with Crippen molar-refractivity contribution in [3.63, 3.8) is 0 Å². The Bertz CT molecular complexity index is 664. The van der Waals surface area contributed by atoms with Gasteiger partial charge in [0.2, 0.25) is 11.8 Å². The van der Waals surface area contributed by atoms with E-state index in [-0.39, 0.29) is 30.2 Å². The van der Waals surface area contributed by atoms with Crippen LogP contribution in [0.15, 0.2) is 24.3 Å². The van der Waals surface area contributed by atoms with Gasteiger partial charge in [-0.3, -0.25) is 14.9 Å². The molecule has 0 bridgehead atoms. The predicted octanol–water partition coefficient (Wildman–Crippen LogP) is 2.14. The zero-order chi connectivity index (χ0) is 19.3. The summed E-state index contributed by atoms with van der Waals surface area (Å²) in [6.45, 7) is 6.21. The van der Waals surface area contributed by atoms with E-state index >= 15 is 0 Å². The minimum Gasteiger partial charge on any atom is -0.492 e. The fraction of sp³-hybridized carbons (Fsp3) is 0.526. The van der Waals surface area contributed by atoms with Crippen molar-refractivity contribution in [2.75, 3.05) is 20.2 Å². The summed E-state index contributed by atoms with van der Waals surface area (Å²) in [6.07, 6.45) is 0.383. The highest BCUT2D eigenvalue weighted by atomic mass is 16.6. The van der Waals surface area contributed by atoms with E-state index in [1.807, 2.05) is 45.0 Å². The Morgan fingerprint density at radius 2 is 1.88 bits per heavy atom. The second-order valence-corrected chi connectivity index (χ2v) is 7.41. The topological polar surface area (TPSA) is 84.9 Å². The zero-order valence-corrected chi connectivity index (χ0v) is 15.7. The van der Waals surface area contributed by atoms with Crippen LogP contribution in [-0.4, -0.2) is 48.6 Å². The van der Waals surface area contributed by atoms with Gasteiger partial charge in [-0.25, -0.2) is 4.79 Å². The molecule has 1 saturated heterocycles. The molecule has 0 saturated carbocycles. The zero-order valence-electron chi connectivity index (χ0n) is 15.7. The van der Waals surface area contributed by atoms with Crippen molar-refractivity contribution in [3.8, 4) is 5.75 Å². The van der Waals surface area contributed by atoms with Crippen LogP contribution >= 0.6 is 0 Å². The highest BCUT2D eigenvalue weighted by Crippen LogP contribution is 2.19. The molecule has 3 amide bonds. The minimum absolute atomic E-state index is 0.208. The largest absolute Gasteiger partial charge is 0.492 e. The average molecular weight is 362 g/mol. The van der Waals surface area contributed by atoms with E-state index in [9.17, 15) is 14.4 Å². The first-order chi connectivity index (χ1) is 12.1.